The number of nitrogens with zero attached hydrogens (tertiary/aromatic N) is 2. The fourth-order valence-electron chi connectivity index (χ4n) is 1.90. The summed E-state index contributed by atoms with van der Waals surface area (Å²) in [6.07, 6.45) is 2.64. The number of likely N-dealkylation sites (tertiary alicyclic amines) is 1. The molecule has 1 aliphatic heterocycles. The summed E-state index contributed by atoms with van der Waals surface area (Å²) < 4.78 is 0. The largest absolute Gasteiger partial charge is 0.384 e. The topological polar surface area (TPSA) is 42.1 Å². The van der Waals surface area contributed by atoms with Gasteiger partial charge in [-0.2, -0.15) is 0 Å². The average molecular weight is 191 g/mol. The molecule has 0 unspecified atom stereocenters. The van der Waals surface area contributed by atoms with E-state index in [1.54, 1.807) is 0 Å². The Balaban J connectivity index is 2.10. The normalized spacial score (nSPS) is 17.5. The molecule has 2 heterocycles. The average Bonchev–Trinajstić information content (AvgIpc) is 2.64. The molecule has 0 bridgehead atoms. The number of anilines is 1. The summed E-state index contributed by atoms with van der Waals surface area (Å²) in [5.74, 6) is 0.629. The first-order valence-corrected chi connectivity index (χ1v) is 5.20. The van der Waals surface area contributed by atoms with E-state index in [-0.39, 0.29) is 0 Å². The summed E-state index contributed by atoms with van der Waals surface area (Å²) in [6, 6.07) is 3.91. The van der Waals surface area contributed by atoms with Crippen LogP contribution in [0.15, 0.2) is 12.1 Å². The molecule has 0 spiro atoms. The maximum atomic E-state index is 5.67. The first kappa shape index (κ1) is 9.46. The van der Waals surface area contributed by atoms with Crippen LogP contribution >= 0.6 is 0 Å². The summed E-state index contributed by atoms with van der Waals surface area (Å²) in [7, 11) is 0. The Morgan fingerprint density at radius 2 is 2.07 bits per heavy atom. The summed E-state index contributed by atoms with van der Waals surface area (Å²) in [5.41, 5.74) is 8.05. The van der Waals surface area contributed by atoms with Crippen LogP contribution in [0.25, 0.3) is 0 Å². The molecule has 76 valence electrons. The number of pyridine rings is 1. The Bertz CT molecular complexity index is 316. The molecule has 14 heavy (non-hydrogen) atoms. The van der Waals surface area contributed by atoms with Gasteiger partial charge in [-0.25, -0.2) is 4.98 Å². The lowest BCUT2D eigenvalue weighted by Gasteiger charge is -2.15. The molecule has 0 amide bonds. The smallest absolute Gasteiger partial charge is 0.123 e. The summed E-state index contributed by atoms with van der Waals surface area (Å²) in [4.78, 5) is 6.81. The lowest BCUT2D eigenvalue weighted by atomic mass is 10.2. The van der Waals surface area contributed by atoms with Crippen molar-refractivity contribution in [2.24, 2.45) is 0 Å². The number of hydrogen-bond acceptors (Lipinski definition) is 3. The van der Waals surface area contributed by atoms with Crippen LogP contribution in [0.4, 0.5) is 5.82 Å². The third-order valence-corrected chi connectivity index (χ3v) is 2.80. The van der Waals surface area contributed by atoms with Crippen LogP contribution in [0.5, 0.6) is 0 Å². The SMILES string of the molecule is Cc1ccc(N)nc1CN1CCCC1. The Morgan fingerprint density at radius 3 is 2.79 bits per heavy atom. The maximum absolute atomic E-state index is 5.67. The van der Waals surface area contributed by atoms with Gasteiger partial charge in [0.15, 0.2) is 0 Å². The molecule has 1 aromatic heterocycles. The number of aromatic nitrogens is 1. The van der Waals surface area contributed by atoms with Gasteiger partial charge in [-0.15, -0.1) is 0 Å². The molecule has 1 saturated heterocycles. The second-order valence-electron chi connectivity index (χ2n) is 3.98. The molecule has 1 fully saturated rings. The predicted molar refractivity (Wildman–Crippen MR) is 57.9 cm³/mol. The number of nitrogens with two attached hydrogens (primary N) is 1. The highest BCUT2D eigenvalue weighted by Crippen LogP contribution is 2.14. The maximum Gasteiger partial charge on any atom is 0.123 e. The van der Waals surface area contributed by atoms with Crippen molar-refractivity contribution in [2.75, 3.05) is 18.8 Å². The molecule has 3 heteroatoms. The van der Waals surface area contributed by atoms with Crippen molar-refractivity contribution in [3.63, 3.8) is 0 Å². The molecule has 3 nitrogen and oxygen atoms in total. The highest BCUT2D eigenvalue weighted by molar-refractivity contribution is 5.33. The van der Waals surface area contributed by atoms with E-state index < -0.39 is 0 Å². The number of nitrogen functional groups attached to an aromatic ring is 1. The second-order valence-corrected chi connectivity index (χ2v) is 3.98. The van der Waals surface area contributed by atoms with Gasteiger partial charge in [-0.05, 0) is 44.5 Å². The van der Waals surface area contributed by atoms with Crippen molar-refractivity contribution >= 4 is 5.82 Å². The summed E-state index contributed by atoms with van der Waals surface area (Å²) in [6.45, 7) is 5.46. The van der Waals surface area contributed by atoms with Gasteiger partial charge in [0.25, 0.3) is 0 Å². The Morgan fingerprint density at radius 1 is 1.36 bits per heavy atom. The first-order chi connectivity index (χ1) is 6.75. The third-order valence-electron chi connectivity index (χ3n) is 2.80. The van der Waals surface area contributed by atoms with Crippen molar-refractivity contribution in [1.82, 2.24) is 9.88 Å². The summed E-state index contributed by atoms with van der Waals surface area (Å²) >= 11 is 0. The molecule has 1 aliphatic rings. The third kappa shape index (κ3) is 2.04. The highest BCUT2D eigenvalue weighted by atomic mass is 15.1. The van der Waals surface area contributed by atoms with Gasteiger partial charge < -0.3 is 5.73 Å². The zero-order valence-electron chi connectivity index (χ0n) is 8.66. The van der Waals surface area contributed by atoms with E-state index in [2.05, 4.69) is 16.8 Å². The molecule has 0 saturated carbocycles. The minimum atomic E-state index is 0.629. The molecule has 0 aliphatic carbocycles. The number of aryl methyl sites for hydroxylation is 1. The Kier molecular flexibility index (Phi) is 2.68. The minimum Gasteiger partial charge on any atom is -0.384 e. The van der Waals surface area contributed by atoms with Crippen LogP contribution < -0.4 is 5.73 Å². The first-order valence-electron chi connectivity index (χ1n) is 5.20. The molecule has 0 atom stereocenters. The lowest BCUT2D eigenvalue weighted by Crippen LogP contribution is -2.20. The zero-order valence-corrected chi connectivity index (χ0v) is 8.66. The van der Waals surface area contributed by atoms with Gasteiger partial charge in [-0.3, -0.25) is 4.90 Å². The molecule has 2 N–H and O–H groups in total. The molecule has 0 aromatic carbocycles. The molecule has 1 aromatic rings. The molecule has 0 radical (unpaired) electrons. The monoisotopic (exact) mass is 191 g/mol. The van der Waals surface area contributed by atoms with Gasteiger partial charge in [0.1, 0.15) is 5.82 Å². The van der Waals surface area contributed by atoms with E-state index in [9.17, 15) is 0 Å². The Hall–Kier alpha value is -1.09. The van der Waals surface area contributed by atoms with E-state index >= 15 is 0 Å². The van der Waals surface area contributed by atoms with Crippen molar-refractivity contribution in [1.29, 1.82) is 0 Å². The van der Waals surface area contributed by atoms with Crippen LogP contribution in [0, 0.1) is 6.92 Å². The predicted octanol–water partition coefficient (Wildman–Crippen LogP) is 1.57. The van der Waals surface area contributed by atoms with Gasteiger partial charge >= 0.3 is 0 Å². The van der Waals surface area contributed by atoms with Crippen LogP contribution in [-0.2, 0) is 6.54 Å². The standard InChI is InChI=1S/C11H17N3/c1-9-4-5-11(12)13-10(9)8-14-6-2-3-7-14/h4-5H,2-3,6-8H2,1H3,(H2,12,13). The van der Waals surface area contributed by atoms with Crippen molar-refractivity contribution < 1.29 is 0 Å². The van der Waals surface area contributed by atoms with E-state index in [0.717, 1.165) is 12.2 Å². The van der Waals surface area contributed by atoms with Gasteiger partial charge in [-0.1, -0.05) is 6.07 Å². The van der Waals surface area contributed by atoms with Gasteiger partial charge in [0, 0.05) is 6.54 Å². The van der Waals surface area contributed by atoms with Crippen molar-refractivity contribution in [3.8, 4) is 0 Å². The zero-order chi connectivity index (χ0) is 9.97. The van der Waals surface area contributed by atoms with Gasteiger partial charge in [0.05, 0.1) is 5.69 Å². The van der Waals surface area contributed by atoms with Crippen LogP contribution in [-0.4, -0.2) is 23.0 Å². The van der Waals surface area contributed by atoms with Gasteiger partial charge in [0.2, 0.25) is 0 Å². The number of hydrogen-bond donors (Lipinski definition) is 1. The van der Waals surface area contributed by atoms with E-state index in [1.165, 1.54) is 31.5 Å². The lowest BCUT2D eigenvalue weighted by molar-refractivity contribution is 0.326. The Labute approximate surface area is 84.9 Å². The summed E-state index contributed by atoms with van der Waals surface area (Å²) in [5, 5.41) is 0. The van der Waals surface area contributed by atoms with Crippen molar-refractivity contribution in [2.45, 2.75) is 26.3 Å². The molecular weight excluding hydrogens is 174 g/mol. The fraction of sp³-hybridized carbons (Fsp3) is 0.545. The number of rotatable bonds is 2. The van der Waals surface area contributed by atoms with Crippen LogP contribution in [0.1, 0.15) is 24.1 Å². The van der Waals surface area contributed by atoms with E-state index in [0.29, 0.717) is 5.82 Å². The van der Waals surface area contributed by atoms with Crippen LogP contribution in [0.2, 0.25) is 0 Å². The minimum absolute atomic E-state index is 0.629. The van der Waals surface area contributed by atoms with Crippen LogP contribution in [0.3, 0.4) is 0 Å². The fourth-order valence-corrected chi connectivity index (χ4v) is 1.90. The van der Waals surface area contributed by atoms with E-state index in [1.807, 2.05) is 12.1 Å². The highest BCUT2D eigenvalue weighted by Gasteiger charge is 2.13. The molecule has 2 rings (SSSR count). The second kappa shape index (κ2) is 3.96. The van der Waals surface area contributed by atoms with E-state index in [4.69, 9.17) is 5.73 Å². The van der Waals surface area contributed by atoms with Crippen molar-refractivity contribution in [3.05, 3.63) is 23.4 Å². The quantitative estimate of drug-likeness (QED) is 0.771. The molecular formula is C11H17N3.